The molecule has 0 fully saturated rings. The molecule has 0 aliphatic heterocycles. The van der Waals surface area contributed by atoms with Gasteiger partial charge in [-0.1, -0.05) is 23.7 Å². The summed E-state index contributed by atoms with van der Waals surface area (Å²) in [7, 11) is 0. The number of aromatic nitrogens is 2. The van der Waals surface area contributed by atoms with E-state index in [1.807, 2.05) is 19.1 Å². The number of nitrogens with one attached hydrogen (secondary N) is 1. The SMILES string of the molecule is Cc1cccn2c(=O)cc(COc3ccc(NC(=O)c4cccc(Cl)c4)cc3)nc12. The van der Waals surface area contributed by atoms with Crippen LogP contribution < -0.4 is 15.6 Å². The number of hydrogen-bond donors (Lipinski definition) is 1. The Kier molecular flexibility index (Phi) is 5.50. The van der Waals surface area contributed by atoms with Crippen LogP contribution in [0.4, 0.5) is 5.69 Å². The number of aryl methyl sites for hydroxylation is 1. The van der Waals surface area contributed by atoms with E-state index < -0.39 is 0 Å². The summed E-state index contributed by atoms with van der Waals surface area (Å²) in [6.45, 7) is 2.07. The maximum Gasteiger partial charge on any atom is 0.258 e. The summed E-state index contributed by atoms with van der Waals surface area (Å²) in [5.41, 5.74) is 3.03. The van der Waals surface area contributed by atoms with Crippen molar-refractivity contribution in [2.75, 3.05) is 5.32 Å². The number of benzene rings is 2. The average molecular weight is 420 g/mol. The molecule has 2 aromatic carbocycles. The second-order valence-electron chi connectivity index (χ2n) is 6.75. The Balaban J connectivity index is 1.43. The lowest BCUT2D eigenvalue weighted by Gasteiger charge is -2.09. The van der Waals surface area contributed by atoms with Crippen molar-refractivity contribution in [2.45, 2.75) is 13.5 Å². The molecule has 0 saturated heterocycles. The van der Waals surface area contributed by atoms with Crippen molar-refractivity contribution in [1.82, 2.24) is 9.38 Å². The number of hydrogen-bond acceptors (Lipinski definition) is 4. The Labute approximate surface area is 177 Å². The molecule has 30 heavy (non-hydrogen) atoms. The van der Waals surface area contributed by atoms with Gasteiger partial charge in [0.2, 0.25) is 0 Å². The first-order valence-corrected chi connectivity index (χ1v) is 9.65. The number of pyridine rings is 1. The van der Waals surface area contributed by atoms with Crippen molar-refractivity contribution in [3.05, 3.63) is 105 Å². The number of nitrogens with zero attached hydrogens (tertiary/aromatic N) is 2. The van der Waals surface area contributed by atoms with Crippen molar-refractivity contribution in [2.24, 2.45) is 0 Å². The summed E-state index contributed by atoms with van der Waals surface area (Å²) in [4.78, 5) is 29.1. The van der Waals surface area contributed by atoms with Gasteiger partial charge in [0.05, 0.1) is 5.69 Å². The van der Waals surface area contributed by atoms with Gasteiger partial charge in [0.25, 0.3) is 11.5 Å². The number of anilines is 1. The van der Waals surface area contributed by atoms with Crippen LogP contribution in [0.15, 0.2) is 77.7 Å². The maximum atomic E-state index is 12.3. The topological polar surface area (TPSA) is 72.7 Å². The molecular weight excluding hydrogens is 402 g/mol. The van der Waals surface area contributed by atoms with Gasteiger partial charge < -0.3 is 10.1 Å². The summed E-state index contributed by atoms with van der Waals surface area (Å²) < 4.78 is 7.27. The summed E-state index contributed by atoms with van der Waals surface area (Å²) in [5.74, 6) is 0.352. The zero-order chi connectivity index (χ0) is 21.1. The van der Waals surface area contributed by atoms with Crippen molar-refractivity contribution < 1.29 is 9.53 Å². The third-order valence-electron chi connectivity index (χ3n) is 4.52. The minimum Gasteiger partial charge on any atom is -0.487 e. The Morgan fingerprint density at radius 3 is 2.67 bits per heavy atom. The molecule has 0 spiro atoms. The number of ether oxygens (including phenoxy) is 1. The van der Waals surface area contributed by atoms with Crippen molar-refractivity contribution in [1.29, 1.82) is 0 Å². The normalized spacial score (nSPS) is 10.7. The standard InChI is InChI=1S/C23H18ClN3O3/c1-15-4-3-11-27-21(28)13-19(25-22(15)27)14-30-20-9-7-18(8-10-20)26-23(29)16-5-2-6-17(24)12-16/h2-13H,14H2,1H3,(H,26,29). The molecule has 2 heterocycles. The number of rotatable bonds is 5. The van der Waals surface area contributed by atoms with E-state index in [9.17, 15) is 9.59 Å². The molecule has 4 aromatic rings. The predicted octanol–water partition coefficient (Wildman–Crippen LogP) is 4.49. The Morgan fingerprint density at radius 2 is 1.90 bits per heavy atom. The Bertz CT molecular complexity index is 1280. The molecular formula is C23H18ClN3O3. The fraction of sp³-hybridized carbons (Fsp3) is 0.0870. The largest absolute Gasteiger partial charge is 0.487 e. The van der Waals surface area contributed by atoms with E-state index in [-0.39, 0.29) is 18.1 Å². The van der Waals surface area contributed by atoms with Crippen LogP contribution in [0.3, 0.4) is 0 Å². The van der Waals surface area contributed by atoms with Crippen LogP contribution in [0.1, 0.15) is 21.6 Å². The first kappa shape index (κ1) is 19.7. The van der Waals surface area contributed by atoms with Crippen molar-refractivity contribution in [3.8, 4) is 5.75 Å². The van der Waals surface area contributed by atoms with Crippen LogP contribution in [-0.2, 0) is 6.61 Å². The van der Waals surface area contributed by atoms with E-state index in [1.165, 1.54) is 10.5 Å². The highest BCUT2D eigenvalue weighted by Crippen LogP contribution is 2.18. The van der Waals surface area contributed by atoms with Crippen molar-refractivity contribution >= 4 is 28.8 Å². The molecule has 0 aliphatic carbocycles. The number of halogens is 1. The lowest BCUT2D eigenvalue weighted by molar-refractivity contribution is 0.102. The maximum absolute atomic E-state index is 12.3. The molecule has 0 bridgehead atoms. The lowest BCUT2D eigenvalue weighted by Crippen LogP contribution is -2.17. The van der Waals surface area contributed by atoms with Gasteiger partial charge in [-0.2, -0.15) is 0 Å². The monoisotopic (exact) mass is 419 g/mol. The van der Waals surface area contributed by atoms with Gasteiger partial charge in [0, 0.05) is 28.5 Å². The highest BCUT2D eigenvalue weighted by atomic mass is 35.5. The number of carbonyl (C=O) groups is 1. The molecule has 150 valence electrons. The second-order valence-corrected chi connectivity index (χ2v) is 7.18. The molecule has 0 saturated carbocycles. The summed E-state index contributed by atoms with van der Waals surface area (Å²) >= 11 is 5.93. The molecule has 1 amide bonds. The third-order valence-corrected chi connectivity index (χ3v) is 4.76. The molecule has 2 aromatic heterocycles. The van der Waals surface area contributed by atoms with Gasteiger partial charge in [-0.05, 0) is 61.0 Å². The zero-order valence-corrected chi connectivity index (χ0v) is 16.9. The Morgan fingerprint density at radius 1 is 1.10 bits per heavy atom. The van der Waals surface area contributed by atoms with Crippen molar-refractivity contribution in [3.63, 3.8) is 0 Å². The molecule has 1 N–H and O–H groups in total. The molecule has 0 radical (unpaired) electrons. The van der Waals surface area contributed by atoms with Crippen LogP contribution in [0.25, 0.3) is 5.65 Å². The van der Waals surface area contributed by atoms with E-state index in [1.54, 1.807) is 54.7 Å². The quantitative estimate of drug-likeness (QED) is 0.517. The van der Waals surface area contributed by atoms with Crippen LogP contribution in [0, 0.1) is 6.92 Å². The highest BCUT2D eigenvalue weighted by Gasteiger charge is 2.08. The molecule has 6 nitrogen and oxygen atoms in total. The average Bonchev–Trinajstić information content (AvgIpc) is 2.74. The lowest BCUT2D eigenvalue weighted by atomic mass is 10.2. The predicted molar refractivity (Wildman–Crippen MR) is 116 cm³/mol. The number of carbonyl (C=O) groups excluding carboxylic acids is 1. The summed E-state index contributed by atoms with van der Waals surface area (Å²) in [5, 5.41) is 3.31. The van der Waals surface area contributed by atoms with E-state index in [4.69, 9.17) is 16.3 Å². The van der Waals surface area contributed by atoms with Crippen LogP contribution in [-0.4, -0.2) is 15.3 Å². The fourth-order valence-corrected chi connectivity index (χ4v) is 3.20. The second kappa shape index (κ2) is 8.39. The molecule has 0 atom stereocenters. The van der Waals surface area contributed by atoms with Gasteiger partial charge in [-0.25, -0.2) is 4.98 Å². The molecule has 0 unspecified atom stereocenters. The molecule has 7 heteroatoms. The van der Waals surface area contributed by atoms with Gasteiger partial charge in [-0.3, -0.25) is 14.0 Å². The smallest absolute Gasteiger partial charge is 0.258 e. The minimum atomic E-state index is -0.248. The zero-order valence-electron chi connectivity index (χ0n) is 16.1. The number of amides is 1. The van der Waals surface area contributed by atoms with E-state index >= 15 is 0 Å². The van der Waals surface area contributed by atoms with Crippen LogP contribution in [0.2, 0.25) is 5.02 Å². The summed E-state index contributed by atoms with van der Waals surface area (Å²) in [6.07, 6.45) is 1.69. The van der Waals surface area contributed by atoms with Gasteiger partial charge in [0.15, 0.2) is 0 Å². The van der Waals surface area contributed by atoms with Gasteiger partial charge in [0.1, 0.15) is 18.0 Å². The first-order chi connectivity index (χ1) is 14.5. The van der Waals surface area contributed by atoms with Gasteiger partial charge in [-0.15, -0.1) is 0 Å². The molecule has 4 rings (SSSR count). The summed E-state index contributed by atoms with van der Waals surface area (Å²) in [6, 6.07) is 18.9. The van der Waals surface area contributed by atoms with Crippen LogP contribution in [0.5, 0.6) is 5.75 Å². The van der Waals surface area contributed by atoms with E-state index in [2.05, 4.69) is 10.3 Å². The van der Waals surface area contributed by atoms with E-state index in [0.717, 1.165) is 5.56 Å². The third kappa shape index (κ3) is 4.34. The van der Waals surface area contributed by atoms with Gasteiger partial charge >= 0.3 is 0 Å². The minimum absolute atomic E-state index is 0.152. The van der Waals surface area contributed by atoms with Crippen LogP contribution >= 0.6 is 11.6 Å². The first-order valence-electron chi connectivity index (χ1n) is 9.27. The highest BCUT2D eigenvalue weighted by molar-refractivity contribution is 6.31. The molecule has 0 aliphatic rings. The number of fused-ring (bicyclic) bond motifs is 1. The Hall–Kier alpha value is -3.64. The fourth-order valence-electron chi connectivity index (χ4n) is 3.01. The van der Waals surface area contributed by atoms with E-state index in [0.29, 0.717) is 33.4 Å².